The molecule has 0 aliphatic heterocycles. The fourth-order valence-electron chi connectivity index (χ4n) is 2.27. The summed E-state index contributed by atoms with van der Waals surface area (Å²) < 4.78 is 4.62. The van der Waals surface area contributed by atoms with Gasteiger partial charge in [0.25, 0.3) is 0 Å². The predicted molar refractivity (Wildman–Crippen MR) is 66.7 cm³/mol. The molecule has 1 aliphatic rings. The van der Waals surface area contributed by atoms with Crippen LogP contribution in [0.4, 0.5) is 0 Å². The van der Waals surface area contributed by atoms with Gasteiger partial charge in [0.2, 0.25) is 0 Å². The molecule has 0 N–H and O–H groups in total. The number of unbranched alkanes of at least 4 members (excludes halogenated alkanes) is 1. The van der Waals surface area contributed by atoms with Gasteiger partial charge in [0.05, 0.1) is 7.11 Å². The van der Waals surface area contributed by atoms with Crippen molar-refractivity contribution >= 4 is 11.8 Å². The Hall–Kier alpha value is -1.12. The molecule has 0 aromatic rings. The summed E-state index contributed by atoms with van der Waals surface area (Å²) in [5.74, 6) is 0.0111. The van der Waals surface area contributed by atoms with Crippen molar-refractivity contribution < 1.29 is 14.3 Å². The third kappa shape index (κ3) is 4.33. The Kier molecular flexibility index (Phi) is 5.95. The van der Waals surface area contributed by atoms with Crippen LogP contribution in [0.25, 0.3) is 0 Å². The highest BCUT2D eigenvalue weighted by molar-refractivity contribution is 5.97. The molecule has 0 bridgehead atoms. The molecule has 96 valence electrons. The second kappa shape index (κ2) is 7.25. The van der Waals surface area contributed by atoms with Gasteiger partial charge in [-0.2, -0.15) is 0 Å². The fraction of sp³-hybridized carbons (Fsp3) is 0.714. The van der Waals surface area contributed by atoms with E-state index in [1.165, 1.54) is 12.7 Å². The van der Waals surface area contributed by atoms with E-state index in [9.17, 15) is 9.59 Å². The lowest BCUT2D eigenvalue weighted by Crippen LogP contribution is -2.13. The lowest BCUT2D eigenvalue weighted by molar-refractivity contribution is -0.140. The quantitative estimate of drug-likeness (QED) is 0.667. The van der Waals surface area contributed by atoms with Crippen molar-refractivity contribution in [3.63, 3.8) is 0 Å². The minimum atomic E-state index is -0.231. The molecule has 0 atom stereocenters. The van der Waals surface area contributed by atoms with E-state index in [1.54, 1.807) is 0 Å². The SMILES string of the molecule is CCCCC1=C(CCC(=O)OC)C(=O)CCC1. The average molecular weight is 238 g/mol. The van der Waals surface area contributed by atoms with E-state index >= 15 is 0 Å². The van der Waals surface area contributed by atoms with E-state index in [1.807, 2.05) is 0 Å². The number of ketones is 1. The second-order valence-electron chi connectivity index (χ2n) is 4.54. The molecule has 0 radical (unpaired) electrons. The van der Waals surface area contributed by atoms with Crippen LogP contribution < -0.4 is 0 Å². The van der Waals surface area contributed by atoms with Gasteiger partial charge in [0.15, 0.2) is 5.78 Å². The molecule has 0 heterocycles. The molecule has 0 saturated carbocycles. The van der Waals surface area contributed by atoms with E-state index < -0.39 is 0 Å². The van der Waals surface area contributed by atoms with Crippen molar-refractivity contribution in [2.75, 3.05) is 7.11 Å². The number of esters is 1. The molecule has 1 rings (SSSR count). The molecular formula is C14H22O3. The lowest BCUT2D eigenvalue weighted by atomic mass is 9.85. The van der Waals surface area contributed by atoms with Gasteiger partial charge in [0, 0.05) is 12.8 Å². The maximum Gasteiger partial charge on any atom is 0.305 e. The summed E-state index contributed by atoms with van der Waals surface area (Å²) in [7, 11) is 1.39. The highest BCUT2D eigenvalue weighted by atomic mass is 16.5. The van der Waals surface area contributed by atoms with Gasteiger partial charge in [-0.25, -0.2) is 0 Å². The molecule has 17 heavy (non-hydrogen) atoms. The van der Waals surface area contributed by atoms with Gasteiger partial charge < -0.3 is 4.74 Å². The van der Waals surface area contributed by atoms with Crippen LogP contribution in [0.15, 0.2) is 11.1 Å². The fourth-order valence-corrected chi connectivity index (χ4v) is 2.27. The van der Waals surface area contributed by atoms with Gasteiger partial charge in [-0.1, -0.05) is 18.9 Å². The molecule has 0 amide bonds. The smallest absolute Gasteiger partial charge is 0.305 e. The zero-order valence-electron chi connectivity index (χ0n) is 10.9. The summed E-state index contributed by atoms with van der Waals surface area (Å²) >= 11 is 0. The van der Waals surface area contributed by atoms with Crippen molar-refractivity contribution in [3.8, 4) is 0 Å². The molecular weight excluding hydrogens is 216 g/mol. The molecule has 3 nitrogen and oxygen atoms in total. The van der Waals surface area contributed by atoms with Crippen LogP contribution >= 0.6 is 0 Å². The number of hydrogen-bond acceptors (Lipinski definition) is 3. The van der Waals surface area contributed by atoms with Gasteiger partial charge in [-0.3, -0.25) is 9.59 Å². The minimum Gasteiger partial charge on any atom is -0.469 e. The number of carbonyl (C=O) groups excluding carboxylic acids is 2. The van der Waals surface area contributed by atoms with E-state index in [0.717, 1.165) is 37.7 Å². The number of carbonyl (C=O) groups is 2. The van der Waals surface area contributed by atoms with Gasteiger partial charge in [0.1, 0.15) is 0 Å². The molecule has 0 spiro atoms. The molecule has 0 saturated heterocycles. The third-order valence-corrected chi connectivity index (χ3v) is 3.28. The highest BCUT2D eigenvalue weighted by Crippen LogP contribution is 2.28. The number of Topliss-reactive ketones (excluding diaryl/α,β-unsaturated/α-hetero) is 1. The van der Waals surface area contributed by atoms with Crippen molar-refractivity contribution in [3.05, 3.63) is 11.1 Å². The number of methoxy groups -OCH3 is 1. The first-order valence-corrected chi connectivity index (χ1v) is 6.50. The predicted octanol–water partition coefficient (Wildman–Crippen LogP) is 3.18. The summed E-state index contributed by atoms with van der Waals surface area (Å²) in [5, 5.41) is 0. The highest BCUT2D eigenvalue weighted by Gasteiger charge is 2.20. The Morgan fingerprint density at radius 3 is 2.71 bits per heavy atom. The second-order valence-corrected chi connectivity index (χ2v) is 4.54. The van der Waals surface area contributed by atoms with Crippen LogP contribution in [0.3, 0.4) is 0 Å². The Bertz CT molecular complexity index is 315. The monoisotopic (exact) mass is 238 g/mol. The largest absolute Gasteiger partial charge is 0.469 e. The standard InChI is InChI=1S/C14H22O3/c1-3-4-6-11-7-5-8-13(15)12(11)9-10-14(16)17-2/h3-10H2,1-2H3. The number of rotatable bonds is 6. The van der Waals surface area contributed by atoms with E-state index in [2.05, 4.69) is 11.7 Å². The molecule has 0 fully saturated rings. The molecule has 0 unspecified atom stereocenters. The molecule has 0 aromatic carbocycles. The van der Waals surface area contributed by atoms with Gasteiger partial charge >= 0.3 is 5.97 Å². The summed E-state index contributed by atoms with van der Waals surface area (Å²) in [6.07, 6.45) is 6.82. The maximum absolute atomic E-state index is 11.9. The van der Waals surface area contributed by atoms with Crippen LogP contribution in [-0.2, 0) is 14.3 Å². The summed E-state index contributed by atoms with van der Waals surface area (Å²) in [4.78, 5) is 23.0. The number of allylic oxidation sites excluding steroid dienone is 2. The van der Waals surface area contributed by atoms with Gasteiger partial charge in [-0.15, -0.1) is 0 Å². The summed E-state index contributed by atoms with van der Waals surface area (Å²) in [6, 6.07) is 0. The first-order valence-electron chi connectivity index (χ1n) is 6.50. The number of ether oxygens (including phenoxy) is 1. The van der Waals surface area contributed by atoms with Crippen molar-refractivity contribution in [1.82, 2.24) is 0 Å². The van der Waals surface area contributed by atoms with Crippen molar-refractivity contribution in [2.24, 2.45) is 0 Å². The zero-order valence-corrected chi connectivity index (χ0v) is 10.9. The topological polar surface area (TPSA) is 43.4 Å². The molecule has 3 heteroatoms. The maximum atomic E-state index is 11.9. The zero-order chi connectivity index (χ0) is 12.7. The van der Waals surface area contributed by atoms with E-state index in [4.69, 9.17) is 0 Å². The summed E-state index contributed by atoms with van der Waals surface area (Å²) in [6.45, 7) is 2.15. The Morgan fingerprint density at radius 1 is 1.29 bits per heavy atom. The number of hydrogen-bond donors (Lipinski definition) is 0. The van der Waals surface area contributed by atoms with Crippen LogP contribution in [0.2, 0.25) is 0 Å². The van der Waals surface area contributed by atoms with Crippen molar-refractivity contribution in [1.29, 1.82) is 0 Å². The third-order valence-electron chi connectivity index (χ3n) is 3.28. The average Bonchev–Trinajstić information content (AvgIpc) is 2.34. The van der Waals surface area contributed by atoms with Crippen LogP contribution in [0, 0.1) is 0 Å². The normalized spacial score (nSPS) is 16.2. The molecule has 1 aliphatic carbocycles. The van der Waals surface area contributed by atoms with Crippen LogP contribution in [0.1, 0.15) is 58.3 Å². The summed E-state index contributed by atoms with van der Waals surface area (Å²) in [5.41, 5.74) is 2.20. The Labute approximate surface area is 103 Å². The van der Waals surface area contributed by atoms with Gasteiger partial charge in [-0.05, 0) is 37.7 Å². The Balaban J connectivity index is 2.66. The van der Waals surface area contributed by atoms with E-state index in [0.29, 0.717) is 19.3 Å². The minimum absolute atomic E-state index is 0.231. The van der Waals surface area contributed by atoms with Crippen molar-refractivity contribution in [2.45, 2.75) is 58.3 Å². The first-order chi connectivity index (χ1) is 8.19. The van der Waals surface area contributed by atoms with Crippen LogP contribution in [0.5, 0.6) is 0 Å². The van der Waals surface area contributed by atoms with E-state index in [-0.39, 0.29) is 11.8 Å². The first kappa shape index (κ1) is 13.9. The Morgan fingerprint density at radius 2 is 2.06 bits per heavy atom. The lowest BCUT2D eigenvalue weighted by Gasteiger charge is -2.19. The van der Waals surface area contributed by atoms with Crippen LogP contribution in [-0.4, -0.2) is 18.9 Å². The molecule has 0 aromatic heterocycles.